The first-order valence-electron chi connectivity index (χ1n) is 45.3. The quantitative estimate of drug-likeness (QED) is 0.0251. The fraction of sp³-hybridized carbons (Fsp3) is 0.955. The summed E-state index contributed by atoms with van der Waals surface area (Å²) in [5, 5.41) is 204. The van der Waals surface area contributed by atoms with Gasteiger partial charge in [0, 0.05) is 25.7 Å². The molecule has 0 saturated heterocycles. The first kappa shape index (κ1) is 132. The van der Waals surface area contributed by atoms with Gasteiger partial charge in [-0.25, -0.2) is 0 Å². The van der Waals surface area contributed by atoms with Crippen LogP contribution >= 0.6 is 0 Å². The van der Waals surface area contributed by atoms with Crippen LogP contribution in [-0.2, 0) is 19.2 Å². The fourth-order valence-corrected chi connectivity index (χ4v) is 10.7. The minimum atomic E-state index is -1.11. The molecule has 0 spiro atoms. The van der Waals surface area contributed by atoms with Crippen LogP contribution in [0.1, 0.15) is 387 Å². The van der Waals surface area contributed by atoms with E-state index >= 15 is 0 Å². The van der Waals surface area contributed by atoms with Gasteiger partial charge in [0.05, 0.1) is 159 Å². The van der Waals surface area contributed by atoms with E-state index in [4.69, 9.17) is 123 Å². The van der Waals surface area contributed by atoms with Gasteiger partial charge in [0.15, 0.2) is 0 Å². The number of unbranched alkanes of at least 4 members (excludes halogenated alkanes) is 48. The fourth-order valence-electron chi connectivity index (χ4n) is 10.7. The number of hydrogen-bond acceptors (Lipinski definition) is 24. The summed E-state index contributed by atoms with van der Waals surface area (Å²) in [6, 6.07) is 0. The Kier molecular flexibility index (Phi) is 121. The second-order valence-electron chi connectivity index (χ2n) is 32.2. The van der Waals surface area contributed by atoms with Gasteiger partial charge in [0.1, 0.15) is 0 Å². The third kappa shape index (κ3) is 102. The van der Waals surface area contributed by atoms with Crippen LogP contribution < -0.4 is 0 Å². The number of hydrogen-bond donors (Lipinski definition) is 24. The van der Waals surface area contributed by atoms with Crippen molar-refractivity contribution in [2.75, 3.05) is 132 Å². The lowest BCUT2D eigenvalue weighted by Crippen LogP contribution is -2.37. The third-order valence-corrected chi connectivity index (χ3v) is 20.7. The smallest absolute Gasteiger partial charge is 0.303 e. The SMILES string of the molecule is CCCCCCCCCCCCCCCC(=O)O.CCCCCCCCCCCCCCCC(=O)O.CCCCCCCCCCCCCCCC(=O)O.CCCCCCCCCCCCCCCC(=O)O.OCC(CO)(CO)CO.OCC(CO)(CO)CO.OCC(CO)(CO)CO.OCC(CO)(CO)CO.OCC(CO)(CO)CO. The zero-order valence-corrected chi connectivity index (χ0v) is 74.6. The highest BCUT2D eigenvalue weighted by atomic mass is 16.4. The molecule has 0 radical (unpaired) electrons. The molecular formula is C89H188O28. The molecular weight excluding hydrogens is 1520 g/mol. The van der Waals surface area contributed by atoms with E-state index < -0.39 is 183 Å². The summed E-state index contributed by atoms with van der Waals surface area (Å²) in [6.45, 7) is 0.917. The summed E-state index contributed by atoms with van der Waals surface area (Å²) in [4.78, 5) is 41.2. The highest BCUT2D eigenvalue weighted by Crippen LogP contribution is 2.20. The number of rotatable bonds is 76. The van der Waals surface area contributed by atoms with Gasteiger partial charge in [-0.2, -0.15) is 0 Å². The second kappa shape index (κ2) is 107. The third-order valence-electron chi connectivity index (χ3n) is 20.7. The number of aliphatic carboxylic acids is 4. The molecule has 0 aliphatic rings. The first-order valence-corrected chi connectivity index (χ1v) is 45.3. The van der Waals surface area contributed by atoms with Crippen LogP contribution in [0, 0.1) is 27.1 Å². The number of carbonyl (C=O) groups is 4. The van der Waals surface area contributed by atoms with Gasteiger partial charge in [-0.1, -0.05) is 336 Å². The van der Waals surface area contributed by atoms with E-state index in [1.807, 2.05) is 0 Å². The van der Waals surface area contributed by atoms with Crippen LogP contribution in [-0.4, -0.2) is 279 Å². The molecule has 0 fully saturated rings. The molecule has 0 rings (SSSR count). The van der Waals surface area contributed by atoms with E-state index in [1.165, 1.54) is 283 Å². The second-order valence-corrected chi connectivity index (χ2v) is 32.2. The van der Waals surface area contributed by atoms with Crippen LogP contribution in [0.2, 0.25) is 0 Å². The van der Waals surface area contributed by atoms with Gasteiger partial charge >= 0.3 is 23.9 Å². The summed E-state index contributed by atoms with van der Waals surface area (Å²) in [6.07, 6.45) is 69.1. The molecule has 0 unspecified atom stereocenters. The number of aliphatic hydroxyl groups excluding tert-OH is 20. The van der Waals surface area contributed by atoms with E-state index in [0.717, 1.165) is 51.4 Å². The number of aliphatic hydroxyl groups is 20. The van der Waals surface area contributed by atoms with Gasteiger partial charge in [-0.15, -0.1) is 0 Å². The molecule has 0 heterocycles. The Morgan fingerprint density at radius 1 is 0.137 bits per heavy atom. The van der Waals surface area contributed by atoms with Gasteiger partial charge in [-0.05, 0) is 25.7 Å². The predicted molar refractivity (Wildman–Crippen MR) is 466 cm³/mol. The maximum absolute atomic E-state index is 10.3. The van der Waals surface area contributed by atoms with E-state index in [-0.39, 0.29) is 0 Å². The molecule has 28 nitrogen and oxygen atoms in total. The Balaban J connectivity index is -0.000000163. The lowest BCUT2D eigenvalue weighted by atomic mass is 9.93. The normalized spacial score (nSPS) is 11.2. The lowest BCUT2D eigenvalue weighted by molar-refractivity contribution is -0.138. The van der Waals surface area contributed by atoms with E-state index in [1.54, 1.807) is 0 Å². The van der Waals surface area contributed by atoms with Crippen molar-refractivity contribution < 1.29 is 142 Å². The first-order chi connectivity index (χ1) is 56.3. The minimum Gasteiger partial charge on any atom is -0.481 e. The van der Waals surface area contributed by atoms with Crippen molar-refractivity contribution in [2.45, 2.75) is 387 Å². The van der Waals surface area contributed by atoms with Gasteiger partial charge in [0.25, 0.3) is 0 Å². The van der Waals surface area contributed by atoms with Crippen molar-refractivity contribution >= 4 is 23.9 Å². The van der Waals surface area contributed by atoms with E-state index in [9.17, 15) is 19.2 Å². The zero-order valence-electron chi connectivity index (χ0n) is 74.6. The summed E-state index contributed by atoms with van der Waals surface area (Å²) in [5.41, 5.74) is -5.56. The standard InChI is InChI=1S/4C16H32O2.5C5H12O4/c4*1-2-3-4-5-6-7-8-9-10-11-12-13-14-15-16(17)18;5*6-1-5(2-7,3-8)4-9/h4*2-15H2,1H3,(H,17,18);5*6-9H,1-4H2. The summed E-state index contributed by atoms with van der Waals surface area (Å²) < 4.78 is 0. The summed E-state index contributed by atoms with van der Waals surface area (Å²) >= 11 is 0. The summed E-state index contributed by atoms with van der Waals surface area (Å²) in [7, 11) is 0. The zero-order chi connectivity index (χ0) is 90.5. The molecule has 24 N–H and O–H groups in total. The highest BCUT2D eigenvalue weighted by Gasteiger charge is 2.29. The van der Waals surface area contributed by atoms with Crippen LogP contribution in [0.4, 0.5) is 0 Å². The van der Waals surface area contributed by atoms with Crippen molar-refractivity contribution in [3.05, 3.63) is 0 Å². The Bertz CT molecular complexity index is 1510. The maximum Gasteiger partial charge on any atom is 0.303 e. The van der Waals surface area contributed by atoms with Crippen molar-refractivity contribution in [3.63, 3.8) is 0 Å². The van der Waals surface area contributed by atoms with E-state index in [0.29, 0.717) is 25.7 Å². The molecule has 0 aromatic rings. The Hall–Kier alpha value is -2.92. The van der Waals surface area contributed by atoms with E-state index in [2.05, 4.69) is 27.7 Å². The number of carboxylic acids is 4. The Morgan fingerprint density at radius 2 is 0.205 bits per heavy atom. The minimum absolute atomic E-state index is 0.345. The maximum atomic E-state index is 10.3. The Morgan fingerprint density at radius 3 is 0.256 bits per heavy atom. The molecule has 0 saturated carbocycles. The topological polar surface area (TPSA) is 554 Å². The van der Waals surface area contributed by atoms with Gasteiger partial charge in [0.2, 0.25) is 0 Å². The van der Waals surface area contributed by atoms with Crippen LogP contribution in [0.3, 0.4) is 0 Å². The van der Waals surface area contributed by atoms with Crippen molar-refractivity contribution in [1.29, 1.82) is 0 Å². The molecule has 0 aliphatic heterocycles. The van der Waals surface area contributed by atoms with Crippen LogP contribution in [0.15, 0.2) is 0 Å². The Labute approximate surface area is 709 Å². The predicted octanol–water partition coefficient (Wildman–Crippen LogP) is 11.9. The average Bonchev–Trinajstić information content (AvgIpc) is 0.942. The molecule has 28 heteroatoms. The highest BCUT2D eigenvalue weighted by molar-refractivity contribution is 5.67. The van der Waals surface area contributed by atoms with Crippen molar-refractivity contribution in [2.24, 2.45) is 27.1 Å². The largest absolute Gasteiger partial charge is 0.481 e. The molecule has 0 aromatic heterocycles. The average molecular weight is 1710 g/mol. The van der Waals surface area contributed by atoms with Crippen molar-refractivity contribution in [3.8, 4) is 0 Å². The monoisotopic (exact) mass is 1710 g/mol. The molecule has 0 bridgehead atoms. The molecule has 117 heavy (non-hydrogen) atoms. The molecule has 0 aromatic carbocycles. The molecule has 0 aliphatic carbocycles. The van der Waals surface area contributed by atoms with Crippen molar-refractivity contribution in [1.82, 2.24) is 0 Å². The molecule has 0 amide bonds. The van der Waals surface area contributed by atoms with Crippen LogP contribution in [0.25, 0.3) is 0 Å². The molecule has 712 valence electrons. The number of carboxylic acid groups (broad SMARTS) is 4. The van der Waals surface area contributed by atoms with Gasteiger partial charge in [-0.3, -0.25) is 19.2 Å². The van der Waals surface area contributed by atoms with Crippen LogP contribution in [0.5, 0.6) is 0 Å². The molecule has 0 atom stereocenters. The lowest BCUT2D eigenvalue weighted by Gasteiger charge is -2.23. The van der Waals surface area contributed by atoms with Gasteiger partial charge < -0.3 is 123 Å². The summed E-state index contributed by atoms with van der Waals surface area (Å²) in [5.74, 6) is -2.62.